The van der Waals surface area contributed by atoms with Crippen molar-refractivity contribution in [2.75, 3.05) is 0 Å². The summed E-state index contributed by atoms with van der Waals surface area (Å²) in [7, 11) is 0. The van der Waals surface area contributed by atoms with Gasteiger partial charge in [0.1, 0.15) is 0 Å². The highest BCUT2D eigenvalue weighted by Crippen LogP contribution is 2.68. The van der Waals surface area contributed by atoms with Gasteiger partial charge in [-0.25, -0.2) is 0 Å². The molecule has 3 heteroatoms. The monoisotopic (exact) mass is 375 g/mol. The van der Waals surface area contributed by atoms with Crippen molar-refractivity contribution in [3.8, 4) is 0 Å². The first-order chi connectivity index (χ1) is 12.8. The van der Waals surface area contributed by atoms with Crippen molar-refractivity contribution in [2.24, 2.45) is 46.3 Å². The Morgan fingerprint density at radius 2 is 1.74 bits per heavy atom. The van der Waals surface area contributed by atoms with E-state index >= 15 is 0 Å². The smallest absolute Gasteiger partial charge is 0.0543 e. The second-order valence-electron chi connectivity index (χ2n) is 11.2. The molecule has 4 saturated carbocycles. The predicted molar refractivity (Wildman–Crippen MR) is 105 cm³/mol. The number of hydrogen-bond donors (Lipinski definition) is 1. The summed E-state index contributed by atoms with van der Waals surface area (Å²) >= 11 is 0. The lowest BCUT2D eigenvalue weighted by atomic mass is 9.44. The molecule has 4 fully saturated rings. The summed E-state index contributed by atoms with van der Waals surface area (Å²) in [5.74, 6) is 3.55. The van der Waals surface area contributed by atoms with Gasteiger partial charge in [0, 0.05) is 5.97 Å². The van der Waals surface area contributed by atoms with Gasteiger partial charge in [-0.2, -0.15) is 0 Å². The zero-order valence-corrected chi connectivity index (χ0v) is 17.6. The summed E-state index contributed by atoms with van der Waals surface area (Å²) in [4.78, 5) is 10.9. The lowest BCUT2D eigenvalue weighted by Gasteiger charge is -2.61. The van der Waals surface area contributed by atoms with E-state index in [1.807, 2.05) is 0 Å². The zero-order valence-electron chi connectivity index (χ0n) is 17.6. The number of aliphatic carboxylic acids is 1. The van der Waals surface area contributed by atoms with Crippen LogP contribution in [-0.4, -0.2) is 17.2 Å². The number of carboxylic acid groups (broad SMARTS) is 1. The first-order valence-electron chi connectivity index (χ1n) is 11.6. The predicted octanol–water partition coefficient (Wildman–Crippen LogP) is 4.17. The highest BCUT2D eigenvalue weighted by Gasteiger charge is 2.60. The quantitative estimate of drug-likeness (QED) is 0.802. The van der Waals surface area contributed by atoms with Crippen molar-refractivity contribution in [1.82, 2.24) is 0 Å². The molecule has 27 heavy (non-hydrogen) atoms. The van der Waals surface area contributed by atoms with Gasteiger partial charge in [-0.15, -0.1) is 0 Å². The highest BCUT2D eigenvalue weighted by molar-refractivity contribution is 5.64. The average Bonchev–Trinajstić information content (AvgIpc) is 2.97. The van der Waals surface area contributed by atoms with Crippen LogP contribution in [0, 0.1) is 46.3 Å². The summed E-state index contributed by atoms with van der Waals surface area (Å²) < 4.78 is 0. The molecule has 4 aliphatic carbocycles. The van der Waals surface area contributed by atoms with Crippen LogP contribution >= 0.6 is 0 Å². The molecular formula is C24H39O3-. The maximum Gasteiger partial charge on any atom is 0.0543 e. The standard InChI is InChI=1S/C24H40O3/c1-15(4-9-22(26)27)19-7-8-20-18-6-5-16-14-17(25)10-12-23(16,2)21(18)11-13-24(19,20)3/h15-21,25H,4-14H2,1-3H3,(H,26,27)/p-1/t15-,16+,17+,18+,19+,20-,21-,23+,24-/m1/s1. The highest BCUT2D eigenvalue weighted by atomic mass is 16.4. The first kappa shape index (κ1) is 19.7. The Labute approximate surface area is 165 Å². The number of hydrogen-bond acceptors (Lipinski definition) is 3. The lowest BCUT2D eigenvalue weighted by molar-refractivity contribution is -0.306. The van der Waals surface area contributed by atoms with E-state index in [-0.39, 0.29) is 12.5 Å². The summed E-state index contributed by atoms with van der Waals surface area (Å²) in [5, 5.41) is 21.1. The molecule has 0 unspecified atom stereocenters. The molecule has 4 rings (SSSR count). The van der Waals surface area contributed by atoms with Gasteiger partial charge < -0.3 is 15.0 Å². The molecule has 0 heterocycles. The minimum atomic E-state index is -0.893. The van der Waals surface area contributed by atoms with E-state index in [1.54, 1.807) is 0 Å². The molecule has 1 N–H and O–H groups in total. The van der Waals surface area contributed by atoms with E-state index in [1.165, 1.54) is 44.9 Å². The molecule has 0 aromatic carbocycles. The first-order valence-corrected chi connectivity index (χ1v) is 11.6. The molecule has 0 aromatic rings. The van der Waals surface area contributed by atoms with Gasteiger partial charge in [0.25, 0.3) is 0 Å². The van der Waals surface area contributed by atoms with Crippen molar-refractivity contribution in [2.45, 2.75) is 97.5 Å². The van der Waals surface area contributed by atoms with Crippen LogP contribution in [0.5, 0.6) is 0 Å². The SMILES string of the molecule is C[C@H](CCC(=O)[O-])[C@@H]1CC[C@@H]2[C@@H]3CC[C@H]4C[C@@H](O)CC[C@]4(C)[C@@H]3CC[C@@]21C. The third-order valence-corrected chi connectivity index (χ3v) is 10.2. The maximum absolute atomic E-state index is 10.9. The zero-order chi connectivity index (χ0) is 19.4. The van der Waals surface area contributed by atoms with Gasteiger partial charge in [-0.3, -0.25) is 0 Å². The average molecular weight is 376 g/mol. The molecule has 4 aliphatic rings. The Balaban J connectivity index is 1.51. The molecule has 154 valence electrons. The van der Waals surface area contributed by atoms with Gasteiger partial charge in [-0.05, 0) is 117 Å². The number of fused-ring (bicyclic) bond motifs is 5. The fraction of sp³-hybridized carbons (Fsp3) is 0.958. The number of carboxylic acids is 1. The van der Waals surface area contributed by atoms with Crippen LogP contribution < -0.4 is 5.11 Å². The Morgan fingerprint density at radius 1 is 1.04 bits per heavy atom. The van der Waals surface area contributed by atoms with Gasteiger partial charge in [-0.1, -0.05) is 20.8 Å². The number of aliphatic hydroxyl groups excluding tert-OH is 1. The second kappa shape index (κ2) is 7.04. The van der Waals surface area contributed by atoms with Crippen LogP contribution in [0.15, 0.2) is 0 Å². The van der Waals surface area contributed by atoms with E-state index in [9.17, 15) is 15.0 Å². The van der Waals surface area contributed by atoms with Crippen molar-refractivity contribution < 1.29 is 15.0 Å². The molecule has 3 nitrogen and oxygen atoms in total. The Hall–Kier alpha value is -0.570. The van der Waals surface area contributed by atoms with Crippen LogP contribution in [0.2, 0.25) is 0 Å². The molecule has 0 saturated heterocycles. The molecule has 0 spiro atoms. The fourth-order valence-corrected chi connectivity index (χ4v) is 8.76. The van der Waals surface area contributed by atoms with E-state index in [0.717, 1.165) is 42.9 Å². The van der Waals surface area contributed by atoms with E-state index in [4.69, 9.17) is 0 Å². The van der Waals surface area contributed by atoms with Crippen LogP contribution in [0.1, 0.15) is 91.4 Å². The summed E-state index contributed by atoms with van der Waals surface area (Å²) in [6.07, 6.45) is 12.2. The van der Waals surface area contributed by atoms with E-state index < -0.39 is 5.97 Å². The van der Waals surface area contributed by atoms with Crippen LogP contribution in [0.4, 0.5) is 0 Å². The van der Waals surface area contributed by atoms with Crippen LogP contribution in [0.25, 0.3) is 0 Å². The number of rotatable bonds is 4. The second-order valence-corrected chi connectivity index (χ2v) is 11.2. The minimum Gasteiger partial charge on any atom is -0.550 e. The van der Waals surface area contributed by atoms with Crippen molar-refractivity contribution in [1.29, 1.82) is 0 Å². The number of aliphatic hydroxyl groups is 1. The molecule has 0 aliphatic heterocycles. The Bertz CT molecular complexity index is 574. The van der Waals surface area contributed by atoms with Gasteiger partial charge >= 0.3 is 0 Å². The number of carbonyl (C=O) groups excluding carboxylic acids is 1. The summed E-state index contributed by atoms with van der Waals surface area (Å²) in [6.45, 7) is 7.38. The van der Waals surface area contributed by atoms with E-state index in [0.29, 0.717) is 22.7 Å². The van der Waals surface area contributed by atoms with Crippen LogP contribution in [0.3, 0.4) is 0 Å². The van der Waals surface area contributed by atoms with E-state index in [2.05, 4.69) is 20.8 Å². The molecular weight excluding hydrogens is 336 g/mol. The molecule has 0 aromatic heterocycles. The van der Waals surface area contributed by atoms with Gasteiger partial charge in [0.2, 0.25) is 0 Å². The molecule has 9 atom stereocenters. The minimum absolute atomic E-state index is 0.0612. The topological polar surface area (TPSA) is 60.4 Å². The van der Waals surface area contributed by atoms with Crippen LogP contribution in [-0.2, 0) is 4.79 Å². The van der Waals surface area contributed by atoms with Crippen molar-refractivity contribution >= 4 is 5.97 Å². The van der Waals surface area contributed by atoms with Crippen molar-refractivity contribution in [3.63, 3.8) is 0 Å². The number of carbonyl (C=O) groups is 1. The molecule has 0 radical (unpaired) electrons. The summed E-state index contributed by atoms with van der Waals surface area (Å²) in [6, 6.07) is 0. The molecule has 0 amide bonds. The van der Waals surface area contributed by atoms with Gasteiger partial charge in [0.15, 0.2) is 0 Å². The Kier molecular flexibility index (Phi) is 5.15. The van der Waals surface area contributed by atoms with Crippen molar-refractivity contribution in [3.05, 3.63) is 0 Å². The fourth-order valence-electron chi connectivity index (χ4n) is 8.76. The Morgan fingerprint density at radius 3 is 2.48 bits per heavy atom. The third kappa shape index (κ3) is 3.16. The molecule has 0 bridgehead atoms. The lowest BCUT2D eigenvalue weighted by Crippen LogP contribution is -2.54. The van der Waals surface area contributed by atoms with Gasteiger partial charge in [0.05, 0.1) is 6.10 Å². The normalized spacial score (nSPS) is 50.4. The maximum atomic E-state index is 10.9. The largest absolute Gasteiger partial charge is 0.550 e. The summed E-state index contributed by atoms with van der Waals surface area (Å²) in [5.41, 5.74) is 0.853. The third-order valence-electron chi connectivity index (χ3n) is 10.2.